The minimum Gasteiger partial charge on any atom is -0.231 e. The first-order valence-corrected chi connectivity index (χ1v) is 5.94. The Morgan fingerprint density at radius 3 is 1.59 bits per heavy atom. The van der Waals surface area contributed by atoms with Crippen molar-refractivity contribution in [2.45, 2.75) is 13.0 Å². The zero-order valence-corrected chi connectivity index (χ0v) is 10.4. The van der Waals surface area contributed by atoms with Gasteiger partial charge in [0.25, 0.3) is 0 Å². The van der Waals surface area contributed by atoms with E-state index in [0.717, 1.165) is 0 Å². The molecule has 0 saturated carbocycles. The molecular formula is C16H18N+. The standard InChI is InChI=1S/C16H18N/c1-3-17(2)16(14-10-6-4-7-11-14)15-12-8-5-9-13-15/h3-13,16H,1-2H3/q+1. The molecule has 0 N–H and O–H groups in total. The molecule has 0 aliphatic carbocycles. The first-order valence-electron chi connectivity index (χ1n) is 5.94. The van der Waals surface area contributed by atoms with Crippen LogP contribution in [-0.4, -0.2) is 17.8 Å². The largest absolute Gasteiger partial charge is 0.231 e. The third-order valence-electron chi connectivity index (χ3n) is 3.05. The predicted molar refractivity (Wildman–Crippen MR) is 72.6 cm³/mol. The van der Waals surface area contributed by atoms with E-state index in [1.165, 1.54) is 11.1 Å². The molecule has 0 bridgehead atoms. The van der Waals surface area contributed by atoms with Gasteiger partial charge in [0, 0.05) is 18.1 Å². The lowest BCUT2D eigenvalue weighted by atomic mass is 9.98. The summed E-state index contributed by atoms with van der Waals surface area (Å²) in [6, 6.07) is 21.5. The molecule has 0 fully saturated rings. The maximum absolute atomic E-state index is 2.24. The zero-order valence-electron chi connectivity index (χ0n) is 10.4. The first kappa shape index (κ1) is 11.6. The normalized spacial score (nSPS) is 11.8. The molecule has 2 aromatic carbocycles. The van der Waals surface area contributed by atoms with Crippen molar-refractivity contribution in [1.82, 2.24) is 0 Å². The van der Waals surface area contributed by atoms with E-state index < -0.39 is 0 Å². The second-order valence-corrected chi connectivity index (χ2v) is 4.15. The minimum absolute atomic E-state index is 0.294. The quantitative estimate of drug-likeness (QED) is 0.554. The van der Waals surface area contributed by atoms with E-state index in [1.54, 1.807) is 0 Å². The van der Waals surface area contributed by atoms with Gasteiger partial charge in [-0.2, -0.15) is 0 Å². The van der Waals surface area contributed by atoms with E-state index in [2.05, 4.69) is 85.4 Å². The van der Waals surface area contributed by atoms with Crippen LogP contribution in [0.5, 0.6) is 0 Å². The van der Waals surface area contributed by atoms with Gasteiger partial charge in [-0.05, 0) is 0 Å². The van der Waals surface area contributed by atoms with E-state index in [1.807, 2.05) is 0 Å². The Hall–Kier alpha value is -1.89. The SMILES string of the molecule is CC=[N+](C)C(c1ccccc1)c1ccccc1. The minimum atomic E-state index is 0.294. The molecule has 0 aliphatic heterocycles. The van der Waals surface area contributed by atoms with Crippen molar-refractivity contribution < 1.29 is 4.58 Å². The first-order chi connectivity index (χ1) is 8.33. The summed E-state index contributed by atoms with van der Waals surface area (Å²) in [5.74, 6) is 0. The molecule has 0 aliphatic rings. The van der Waals surface area contributed by atoms with Crippen molar-refractivity contribution in [2.75, 3.05) is 7.05 Å². The summed E-state index contributed by atoms with van der Waals surface area (Å²) in [5.41, 5.74) is 2.64. The van der Waals surface area contributed by atoms with Gasteiger partial charge in [0.05, 0.1) is 0 Å². The van der Waals surface area contributed by atoms with Gasteiger partial charge in [-0.3, -0.25) is 0 Å². The van der Waals surface area contributed by atoms with Crippen LogP contribution in [0.1, 0.15) is 24.1 Å². The summed E-state index contributed by atoms with van der Waals surface area (Å²) in [4.78, 5) is 0. The molecule has 2 aromatic rings. The lowest BCUT2D eigenvalue weighted by molar-refractivity contribution is -0.529. The number of hydrogen-bond donors (Lipinski definition) is 0. The van der Waals surface area contributed by atoms with Gasteiger partial charge in [0.2, 0.25) is 6.04 Å². The third-order valence-corrected chi connectivity index (χ3v) is 3.05. The Morgan fingerprint density at radius 1 is 0.824 bits per heavy atom. The molecule has 0 atom stereocenters. The van der Waals surface area contributed by atoms with Crippen LogP contribution in [0, 0.1) is 0 Å². The molecule has 17 heavy (non-hydrogen) atoms. The van der Waals surface area contributed by atoms with Crippen LogP contribution < -0.4 is 0 Å². The molecule has 2 rings (SSSR count). The Morgan fingerprint density at radius 2 is 1.24 bits per heavy atom. The number of rotatable bonds is 3. The molecule has 0 spiro atoms. The van der Waals surface area contributed by atoms with Crippen LogP contribution in [0.4, 0.5) is 0 Å². The summed E-state index contributed by atoms with van der Waals surface area (Å²) >= 11 is 0. The van der Waals surface area contributed by atoms with E-state index in [9.17, 15) is 0 Å². The Bertz CT molecular complexity index is 446. The van der Waals surface area contributed by atoms with Crippen molar-refractivity contribution in [3.05, 3.63) is 71.8 Å². The Kier molecular flexibility index (Phi) is 3.71. The van der Waals surface area contributed by atoms with Gasteiger partial charge in [0.1, 0.15) is 13.3 Å². The zero-order chi connectivity index (χ0) is 12.1. The summed E-state index contributed by atoms with van der Waals surface area (Å²) < 4.78 is 2.24. The molecule has 0 aromatic heterocycles. The monoisotopic (exact) mass is 224 g/mol. The highest BCUT2D eigenvalue weighted by atomic mass is 15.0. The molecular weight excluding hydrogens is 206 g/mol. The lowest BCUT2D eigenvalue weighted by Crippen LogP contribution is -2.16. The predicted octanol–water partition coefficient (Wildman–Crippen LogP) is 3.51. The summed E-state index contributed by atoms with van der Waals surface area (Å²) in [7, 11) is 2.12. The molecule has 1 heteroatoms. The van der Waals surface area contributed by atoms with Crippen molar-refractivity contribution in [2.24, 2.45) is 0 Å². The van der Waals surface area contributed by atoms with Crippen molar-refractivity contribution in [3.63, 3.8) is 0 Å². The molecule has 0 saturated heterocycles. The maximum atomic E-state index is 2.24. The van der Waals surface area contributed by atoms with Gasteiger partial charge in [-0.1, -0.05) is 60.7 Å². The van der Waals surface area contributed by atoms with Gasteiger partial charge in [0.15, 0.2) is 0 Å². The molecule has 0 radical (unpaired) electrons. The van der Waals surface area contributed by atoms with Crippen LogP contribution in [0.2, 0.25) is 0 Å². The fourth-order valence-electron chi connectivity index (χ4n) is 2.08. The molecule has 0 heterocycles. The summed E-state index contributed by atoms with van der Waals surface area (Å²) in [6.07, 6.45) is 2.12. The number of benzene rings is 2. The Labute approximate surface area is 103 Å². The van der Waals surface area contributed by atoms with Gasteiger partial charge in [-0.25, -0.2) is 4.58 Å². The highest BCUT2D eigenvalue weighted by Crippen LogP contribution is 2.24. The van der Waals surface area contributed by atoms with E-state index >= 15 is 0 Å². The van der Waals surface area contributed by atoms with Crippen molar-refractivity contribution >= 4 is 6.21 Å². The number of nitrogens with zero attached hydrogens (tertiary/aromatic N) is 1. The van der Waals surface area contributed by atoms with Crippen LogP contribution in [-0.2, 0) is 0 Å². The van der Waals surface area contributed by atoms with Crippen molar-refractivity contribution in [3.8, 4) is 0 Å². The fourth-order valence-corrected chi connectivity index (χ4v) is 2.08. The average Bonchev–Trinajstić information content (AvgIpc) is 2.41. The smallest absolute Gasteiger partial charge is 0.202 e. The van der Waals surface area contributed by atoms with Gasteiger partial charge >= 0.3 is 0 Å². The number of hydrogen-bond acceptors (Lipinski definition) is 0. The van der Waals surface area contributed by atoms with Crippen molar-refractivity contribution in [1.29, 1.82) is 0 Å². The lowest BCUT2D eigenvalue weighted by Gasteiger charge is -2.13. The Balaban J connectivity index is 2.47. The third kappa shape index (κ3) is 2.62. The van der Waals surface area contributed by atoms with Crippen LogP contribution in [0.3, 0.4) is 0 Å². The van der Waals surface area contributed by atoms with E-state index in [4.69, 9.17) is 0 Å². The van der Waals surface area contributed by atoms with Crippen LogP contribution >= 0.6 is 0 Å². The topological polar surface area (TPSA) is 3.01 Å². The van der Waals surface area contributed by atoms with Crippen LogP contribution in [0.15, 0.2) is 60.7 Å². The van der Waals surface area contributed by atoms with E-state index in [-0.39, 0.29) is 0 Å². The molecule has 0 amide bonds. The molecule has 0 unspecified atom stereocenters. The average molecular weight is 224 g/mol. The molecule has 1 nitrogen and oxygen atoms in total. The van der Waals surface area contributed by atoms with Gasteiger partial charge in [-0.15, -0.1) is 0 Å². The summed E-state index contributed by atoms with van der Waals surface area (Å²) in [6.45, 7) is 2.07. The summed E-state index contributed by atoms with van der Waals surface area (Å²) in [5, 5.41) is 0. The maximum Gasteiger partial charge on any atom is 0.202 e. The highest BCUT2D eigenvalue weighted by Gasteiger charge is 2.20. The van der Waals surface area contributed by atoms with Gasteiger partial charge < -0.3 is 0 Å². The second kappa shape index (κ2) is 5.44. The van der Waals surface area contributed by atoms with E-state index in [0.29, 0.717) is 6.04 Å². The molecule has 86 valence electrons. The van der Waals surface area contributed by atoms with Crippen LogP contribution in [0.25, 0.3) is 0 Å². The highest BCUT2D eigenvalue weighted by molar-refractivity contribution is 5.47. The second-order valence-electron chi connectivity index (χ2n) is 4.15. The fraction of sp³-hybridized carbons (Fsp3) is 0.188.